The molecule has 3 rings (SSSR count). The number of thiophene rings is 1. The zero-order valence-electron chi connectivity index (χ0n) is 15.1. The molecule has 7 heteroatoms. The molecule has 0 saturated carbocycles. The number of hydrogen-bond donors (Lipinski definition) is 0. The highest BCUT2D eigenvalue weighted by Gasteiger charge is 2.33. The van der Waals surface area contributed by atoms with Crippen molar-refractivity contribution in [1.29, 1.82) is 0 Å². The van der Waals surface area contributed by atoms with Crippen LogP contribution in [0.2, 0.25) is 0 Å². The molecule has 0 aliphatic carbocycles. The smallest absolute Gasteiger partial charge is 0.243 e. The fourth-order valence-electron chi connectivity index (χ4n) is 3.23. The Hall–Kier alpha value is -1.70. The summed E-state index contributed by atoms with van der Waals surface area (Å²) in [6, 6.07) is 10.9. The Balaban J connectivity index is 1.59. The zero-order valence-corrected chi connectivity index (χ0v) is 16.7. The highest BCUT2D eigenvalue weighted by molar-refractivity contribution is 7.89. The van der Waals surface area contributed by atoms with Crippen LogP contribution in [-0.4, -0.2) is 43.7 Å². The van der Waals surface area contributed by atoms with Crippen molar-refractivity contribution in [2.75, 3.05) is 20.1 Å². The third-order valence-corrected chi connectivity index (χ3v) is 7.59. The number of piperidine rings is 1. The summed E-state index contributed by atoms with van der Waals surface area (Å²) in [6.45, 7) is 3.32. The van der Waals surface area contributed by atoms with E-state index in [4.69, 9.17) is 0 Å². The van der Waals surface area contributed by atoms with Gasteiger partial charge in [0.25, 0.3) is 0 Å². The second-order valence-electron chi connectivity index (χ2n) is 6.77. The Morgan fingerprint density at radius 1 is 1.19 bits per heavy atom. The molecule has 2 heterocycles. The standard InChI is InChI=1S/C19H24N2O3S2/c1-15-5-7-18(8-6-15)26(23,24)21-11-9-16(10-12-21)19(22)20(2)14-17-4-3-13-25-17/h3-8,13,16H,9-12,14H2,1-2H3. The van der Waals surface area contributed by atoms with E-state index in [0.29, 0.717) is 37.4 Å². The van der Waals surface area contributed by atoms with Gasteiger partial charge in [-0.3, -0.25) is 4.79 Å². The van der Waals surface area contributed by atoms with Crippen LogP contribution in [0.25, 0.3) is 0 Å². The van der Waals surface area contributed by atoms with Gasteiger partial charge >= 0.3 is 0 Å². The lowest BCUT2D eigenvalue weighted by atomic mass is 9.96. The van der Waals surface area contributed by atoms with Gasteiger partial charge in [-0.05, 0) is 43.3 Å². The molecule has 1 fully saturated rings. The number of aryl methyl sites for hydroxylation is 1. The third kappa shape index (κ3) is 4.16. The maximum absolute atomic E-state index is 12.8. The van der Waals surface area contributed by atoms with E-state index in [1.807, 2.05) is 43.6 Å². The van der Waals surface area contributed by atoms with E-state index >= 15 is 0 Å². The van der Waals surface area contributed by atoms with Gasteiger partial charge in [0.05, 0.1) is 11.4 Å². The van der Waals surface area contributed by atoms with Crippen LogP contribution in [0, 0.1) is 12.8 Å². The maximum atomic E-state index is 12.8. The summed E-state index contributed by atoms with van der Waals surface area (Å²) in [7, 11) is -1.66. The normalized spacial score (nSPS) is 16.5. The van der Waals surface area contributed by atoms with Crippen molar-refractivity contribution in [1.82, 2.24) is 9.21 Å². The Bertz CT molecular complexity index is 837. The van der Waals surface area contributed by atoms with E-state index in [1.54, 1.807) is 28.4 Å². The first-order valence-corrected chi connectivity index (χ1v) is 11.0. The van der Waals surface area contributed by atoms with Crippen molar-refractivity contribution in [3.05, 3.63) is 52.2 Å². The summed E-state index contributed by atoms with van der Waals surface area (Å²) in [4.78, 5) is 15.9. The van der Waals surface area contributed by atoms with Gasteiger partial charge in [-0.25, -0.2) is 8.42 Å². The molecule has 0 radical (unpaired) electrons. The average Bonchev–Trinajstić information content (AvgIpc) is 3.14. The number of benzene rings is 1. The van der Waals surface area contributed by atoms with Gasteiger partial charge in [0, 0.05) is 30.9 Å². The van der Waals surface area contributed by atoms with Gasteiger partial charge in [-0.1, -0.05) is 23.8 Å². The fourth-order valence-corrected chi connectivity index (χ4v) is 5.46. The quantitative estimate of drug-likeness (QED) is 0.786. The first-order valence-electron chi connectivity index (χ1n) is 8.72. The van der Waals surface area contributed by atoms with E-state index in [1.165, 1.54) is 4.31 Å². The van der Waals surface area contributed by atoms with Gasteiger partial charge in [0.1, 0.15) is 0 Å². The van der Waals surface area contributed by atoms with Crippen LogP contribution in [0.1, 0.15) is 23.3 Å². The number of carbonyl (C=O) groups excluding carboxylic acids is 1. The van der Waals surface area contributed by atoms with Crippen LogP contribution in [-0.2, 0) is 21.4 Å². The number of hydrogen-bond acceptors (Lipinski definition) is 4. The molecule has 0 bridgehead atoms. The molecule has 0 N–H and O–H groups in total. The minimum atomic E-state index is -3.48. The second kappa shape index (κ2) is 7.90. The molecule has 0 atom stereocenters. The van der Waals surface area contributed by atoms with E-state index in [-0.39, 0.29) is 11.8 Å². The first-order chi connectivity index (χ1) is 12.4. The summed E-state index contributed by atoms with van der Waals surface area (Å²) in [6.07, 6.45) is 1.14. The fraction of sp³-hybridized carbons (Fsp3) is 0.421. The molecule has 0 spiro atoms. The summed E-state index contributed by atoms with van der Waals surface area (Å²) in [5, 5.41) is 2.00. The molecule has 1 aliphatic rings. The van der Waals surface area contributed by atoms with Crippen molar-refractivity contribution < 1.29 is 13.2 Å². The molecule has 1 saturated heterocycles. The highest BCUT2D eigenvalue weighted by atomic mass is 32.2. The SMILES string of the molecule is Cc1ccc(S(=O)(=O)N2CCC(C(=O)N(C)Cc3cccs3)CC2)cc1. The van der Waals surface area contributed by atoms with Crippen LogP contribution < -0.4 is 0 Å². The molecule has 1 aromatic heterocycles. The molecule has 1 amide bonds. The lowest BCUT2D eigenvalue weighted by Crippen LogP contribution is -2.43. The van der Waals surface area contributed by atoms with Crippen LogP contribution in [0.15, 0.2) is 46.7 Å². The van der Waals surface area contributed by atoms with E-state index in [2.05, 4.69) is 0 Å². The van der Waals surface area contributed by atoms with Crippen LogP contribution >= 0.6 is 11.3 Å². The van der Waals surface area contributed by atoms with Crippen LogP contribution in [0.5, 0.6) is 0 Å². The number of nitrogens with zero attached hydrogens (tertiary/aromatic N) is 2. The van der Waals surface area contributed by atoms with E-state index in [0.717, 1.165) is 10.4 Å². The maximum Gasteiger partial charge on any atom is 0.243 e. The molecule has 140 valence electrons. The monoisotopic (exact) mass is 392 g/mol. The van der Waals surface area contributed by atoms with Crippen molar-refractivity contribution in [3.8, 4) is 0 Å². The molecule has 1 aromatic carbocycles. The Morgan fingerprint density at radius 2 is 1.85 bits per heavy atom. The lowest BCUT2D eigenvalue weighted by Gasteiger charge is -2.32. The van der Waals surface area contributed by atoms with Crippen molar-refractivity contribution in [3.63, 3.8) is 0 Å². The first kappa shape index (κ1) is 19.1. The van der Waals surface area contributed by atoms with Gasteiger partial charge < -0.3 is 4.90 Å². The molecular formula is C19H24N2O3S2. The minimum Gasteiger partial charge on any atom is -0.340 e. The summed E-state index contributed by atoms with van der Waals surface area (Å²) in [5.41, 5.74) is 1.03. The van der Waals surface area contributed by atoms with Gasteiger partial charge in [-0.2, -0.15) is 4.31 Å². The van der Waals surface area contributed by atoms with Crippen molar-refractivity contribution >= 4 is 27.3 Å². The second-order valence-corrected chi connectivity index (χ2v) is 9.74. The predicted molar refractivity (Wildman–Crippen MR) is 103 cm³/mol. The number of carbonyl (C=O) groups is 1. The Labute approximate surface area is 159 Å². The summed E-state index contributed by atoms with van der Waals surface area (Å²) < 4.78 is 27.0. The number of amides is 1. The van der Waals surface area contributed by atoms with Gasteiger partial charge in [-0.15, -0.1) is 11.3 Å². The Morgan fingerprint density at radius 3 is 2.42 bits per heavy atom. The highest BCUT2D eigenvalue weighted by Crippen LogP contribution is 2.25. The van der Waals surface area contributed by atoms with Crippen LogP contribution in [0.4, 0.5) is 0 Å². The predicted octanol–water partition coefficient (Wildman–Crippen LogP) is 3.12. The lowest BCUT2D eigenvalue weighted by molar-refractivity contribution is -0.135. The summed E-state index contributed by atoms with van der Waals surface area (Å²) >= 11 is 1.64. The van der Waals surface area contributed by atoms with Crippen LogP contribution in [0.3, 0.4) is 0 Å². The third-order valence-electron chi connectivity index (χ3n) is 4.81. The Kier molecular flexibility index (Phi) is 5.79. The number of sulfonamides is 1. The molecule has 5 nitrogen and oxygen atoms in total. The van der Waals surface area contributed by atoms with Crippen molar-refractivity contribution in [2.24, 2.45) is 5.92 Å². The molecule has 2 aromatic rings. The zero-order chi connectivity index (χ0) is 18.7. The average molecular weight is 393 g/mol. The summed E-state index contributed by atoms with van der Waals surface area (Å²) in [5.74, 6) is -0.00443. The molecule has 1 aliphatic heterocycles. The molecular weight excluding hydrogens is 368 g/mol. The topological polar surface area (TPSA) is 57.7 Å². The molecule has 26 heavy (non-hydrogen) atoms. The van der Waals surface area contributed by atoms with Gasteiger partial charge in [0.2, 0.25) is 15.9 Å². The van der Waals surface area contributed by atoms with E-state index in [9.17, 15) is 13.2 Å². The molecule has 0 unspecified atom stereocenters. The van der Waals surface area contributed by atoms with Gasteiger partial charge in [0.15, 0.2) is 0 Å². The number of rotatable bonds is 5. The largest absolute Gasteiger partial charge is 0.340 e. The van der Waals surface area contributed by atoms with E-state index < -0.39 is 10.0 Å². The minimum absolute atomic E-state index is 0.103. The van der Waals surface area contributed by atoms with Crippen molar-refractivity contribution in [2.45, 2.75) is 31.2 Å².